The summed E-state index contributed by atoms with van der Waals surface area (Å²) >= 11 is 0. The van der Waals surface area contributed by atoms with Crippen molar-refractivity contribution in [3.8, 4) is 0 Å². The average Bonchev–Trinajstić information content (AvgIpc) is 2.99. The maximum atomic E-state index is 12.4. The maximum Gasteiger partial charge on any atom is 0.307 e. The third-order valence-corrected chi connectivity index (χ3v) is 5.67. The van der Waals surface area contributed by atoms with Gasteiger partial charge in [0, 0.05) is 24.9 Å². The van der Waals surface area contributed by atoms with E-state index in [1.54, 1.807) is 0 Å². The van der Waals surface area contributed by atoms with E-state index in [1.807, 2.05) is 4.90 Å². The molecule has 2 bridgehead atoms. The summed E-state index contributed by atoms with van der Waals surface area (Å²) in [7, 11) is 0. The van der Waals surface area contributed by atoms with Gasteiger partial charge in [0.05, 0.1) is 24.0 Å². The Bertz CT molecular complexity index is 419. The van der Waals surface area contributed by atoms with Gasteiger partial charge in [0.15, 0.2) is 0 Å². The van der Waals surface area contributed by atoms with Gasteiger partial charge in [0.2, 0.25) is 5.91 Å². The molecule has 3 heterocycles. The highest BCUT2D eigenvalue weighted by atomic mass is 16.5. The fourth-order valence-corrected chi connectivity index (χ4v) is 4.47. The van der Waals surface area contributed by atoms with E-state index in [4.69, 9.17) is 9.84 Å². The fraction of sp³-hybridized carbons (Fsp3) is 0.857. The minimum Gasteiger partial charge on any atom is -0.481 e. The monoisotopic (exact) mass is 265 g/mol. The second-order valence-electron chi connectivity index (χ2n) is 6.49. The van der Waals surface area contributed by atoms with Gasteiger partial charge < -0.3 is 14.7 Å². The van der Waals surface area contributed by atoms with Crippen LogP contribution in [0.25, 0.3) is 0 Å². The lowest BCUT2D eigenvalue weighted by Crippen LogP contribution is -2.46. The van der Waals surface area contributed by atoms with Gasteiger partial charge in [-0.3, -0.25) is 9.59 Å². The number of ether oxygens (including phenoxy) is 1. The molecule has 104 valence electrons. The Hall–Kier alpha value is -1.10. The van der Waals surface area contributed by atoms with Crippen molar-refractivity contribution in [3.63, 3.8) is 0 Å². The van der Waals surface area contributed by atoms with Crippen molar-refractivity contribution in [3.05, 3.63) is 0 Å². The predicted molar refractivity (Wildman–Crippen MR) is 65.3 cm³/mol. The van der Waals surface area contributed by atoms with Crippen LogP contribution in [0, 0.1) is 23.7 Å². The van der Waals surface area contributed by atoms with Crippen LogP contribution in [-0.2, 0) is 14.3 Å². The molecule has 5 nitrogen and oxygen atoms in total. The summed E-state index contributed by atoms with van der Waals surface area (Å²) < 4.78 is 5.90. The molecule has 0 aromatic rings. The van der Waals surface area contributed by atoms with Gasteiger partial charge >= 0.3 is 5.97 Å². The van der Waals surface area contributed by atoms with Gasteiger partial charge in [-0.25, -0.2) is 0 Å². The zero-order valence-corrected chi connectivity index (χ0v) is 10.8. The number of likely N-dealkylation sites (tertiary alicyclic amines) is 1. The van der Waals surface area contributed by atoms with Crippen molar-refractivity contribution in [1.82, 2.24) is 4.90 Å². The van der Waals surface area contributed by atoms with Gasteiger partial charge in [-0.1, -0.05) is 0 Å². The van der Waals surface area contributed by atoms with Crippen LogP contribution in [-0.4, -0.2) is 47.2 Å². The van der Waals surface area contributed by atoms with Gasteiger partial charge in [-0.15, -0.1) is 0 Å². The van der Waals surface area contributed by atoms with Crippen molar-refractivity contribution in [1.29, 1.82) is 0 Å². The molecule has 0 spiro atoms. The molecule has 1 N–H and O–H groups in total. The Morgan fingerprint density at radius 3 is 2.00 bits per heavy atom. The lowest BCUT2D eigenvalue weighted by Gasteiger charge is -2.35. The standard InChI is InChI=1S/C14H19NO4/c16-13(7-1-2-8(7)14(17)18)15-5-9-10(6-15)12-4-3-11(9)19-12/h7-12H,1-6H2,(H,17,18). The highest BCUT2D eigenvalue weighted by Gasteiger charge is 2.55. The molecule has 1 saturated carbocycles. The number of hydrogen-bond donors (Lipinski definition) is 1. The summed E-state index contributed by atoms with van der Waals surface area (Å²) in [6.45, 7) is 1.57. The molecule has 1 aliphatic carbocycles. The van der Waals surface area contributed by atoms with Crippen molar-refractivity contribution < 1.29 is 19.4 Å². The topological polar surface area (TPSA) is 66.8 Å². The molecule has 0 aromatic heterocycles. The molecule has 1 amide bonds. The Kier molecular flexibility index (Phi) is 2.43. The zero-order valence-electron chi connectivity index (χ0n) is 10.8. The van der Waals surface area contributed by atoms with E-state index < -0.39 is 11.9 Å². The van der Waals surface area contributed by atoms with E-state index in [9.17, 15) is 9.59 Å². The Morgan fingerprint density at radius 1 is 0.947 bits per heavy atom. The number of carbonyl (C=O) groups is 2. The molecular formula is C14H19NO4. The lowest BCUT2D eigenvalue weighted by molar-refractivity contribution is -0.156. The zero-order chi connectivity index (χ0) is 13.1. The van der Waals surface area contributed by atoms with Gasteiger partial charge in [0.1, 0.15) is 0 Å². The molecule has 5 heteroatoms. The molecular weight excluding hydrogens is 246 g/mol. The van der Waals surface area contributed by atoms with Crippen LogP contribution in [0.3, 0.4) is 0 Å². The van der Waals surface area contributed by atoms with Crippen LogP contribution in [0.15, 0.2) is 0 Å². The minimum atomic E-state index is -0.813. The van der Waals surface area contributed by atoms with Crippen LogP contribution < -0.4 is 0 Å². The third-order valence-electron chi connectivity index (χ3n) is 5.67. The number of hydrogen-bond acceptors (Lipinski definition) is 3. The van der Waals surface area contributed by atoms with E-state index in [0.29, 0.717) is 30.5 Å². The number of rotatable bonds is 2. The van der Waals surface area contributed by atoms with Crippen LogP contribution in [0.5, 0.6) is 0 Å². The summed E-state index contributed by atoms with van der Waals surface area (Å²) in [6, 6.07) is 0. The third kappa shape index (κ3) is 1.57. The molecule has 4 rings (SSSR count). The van der Waals surface area contributed by atoms with Crippen LogP contribution >= 0.6 is 0 Å². The Labute approximate surface area is 111 Å². The Balaban J connectivity index is 1.44. The van der Waals surface area contributed by atoms with E-state index in [0.717, 1.165) is 32.4 Å². The fourth-order valence-electron chi connectivity index (χ4n) is 4.47. The second-order valence-corrected chi connectivity index (χ2v) is 6.49. The summed E-state index contributed by atoms with van der Waals surface area (Å²) in [5.41, 5.74) is 0. The first-order valence-electron chi connectivity index (χ1n) is 7.32. The maximum absolute atomic E-state index is 12.4. The summed E-state index contributed by atoms with van der Waals surface area (Å²) in [4.78, 5) is 25.4. The highest BCUT2D eigenvalue weighted by molar-refractivity contribution is 5.86. The molecule has 19 heavy (non-hydrogen) atoms. The first kappa shape index (κ1) is 11.7. The quantitative estimate of drug-likeness (QED) is 0.799. The van der Waals surface area contributed by atoms with Crippen molar-refractivity contribution >= 4 is 11.9 Å². The van der Waals surface area contributed by atoms with Crippen molar-refractivity contribution in [2.45, 2.75) is 37.9 Å². The number of aliphatic carboxylic acids is 1. The largest absolute Gasteiger partial charge is 0.481 e. The van der Waals surface area contributed by atoms with Crippen molar-refractivity contribution in [2.75, 3.05) is 13.1 Å². The van der Waals surface area contributed by atoms with Crippen LogP contribution in [0.2, 0.25) is 0 Å². The number of fused-ring (bicyclic) bond motifs is 5. The SMILES string of the molecule is O=C(O)C1CCC1C(=O)N1CC2C3CCC(O3)C2C1. The summed E-state index contributed by atoms with van der Waals surface area (Å²) in [6.07, 6.45) is 4.37. The van der Waals surface area contributed by atoms with E-state index in [-0.39, 0.29) is 11.8 Å². The predicted octanol–water partition coefficient (Wildman–Crippen LogP) is 0.733. The van der Waals surface area contributed by atoms with Gasteiger partial charge in [0.25, 0.3) is 0 Å². The van der Waals surface area contributed by atoms with Crippen LogP contribution in [0.4, 0.5) is 0 Å². The smallest absolute Gasteiger partial charge is 0.307 e. The number of carboxylic acids is 1. The second kappa shape index (κ2) is 3.95. The molecule has 0 aromatic carbocycles. The number of carboxylic acid groups (broad SMARTS) is 1. The average molecular weight is 265 g/mol. The van der Waals surface area contributed by atoms with E-state index in [1.165, 1.54) is 0 Å². The van der Waals surface area contributed by atoms with Crippen LogP contribution in [0.1, 0.15) is 25.7 Å². The Morgan fingerprint density at radius 2 is 1.53 bits per heavy atom. The molecule has 6 atom stereocenters. The molecule has 3 saturated heterocycles. The first-order chi connectivity index (χ1) is 9.15. The highest BCUT2D eigenvalue weighted by Crippen LogP contribution is 2.48. The van der Waals surface area contributed by atoms with Crippen molar-refractivity contribution in [2.24, 2.45) is 23.7 Å². The molecule has 4 aliphatic rings. The molecule has 3 aliphatic heterocycles. The minimum absolute atomic E-state index is 0.0763. The number of carbonyl (C=O) groups excluding carboxylic acids is 1. The normalized spacial score (nSPS) is 47.1. The summed E-state index contributed by atoms with van der Waals surface area (Å²) in [5.74, 6) is -0.437. The molecule has 0 radical (unpaired) electrons. The van der Waals surface area contributed by atoms with E-state index in [2.05, 4.69) is 0 Å². The number of amides is 1. The van der Waals surface area contributed by atoms with E-state index >= 15 is 0 Å². The molecule has 6 unspecified atom stereocenters. The first-order valence-corrected chi connectivity index (χ1v) is 7.32. The molecule has 4 fully saturated rings. The van der Waals surface area contributed by atoms with Gasteiger partial charge in [-0.05, 0) is 25.7 Å². The lowest BCUT2D eigenvalue weighted by atomic mass is 9.73. The van der Waals surface area contributed by atoms with Gasteiger partial charge in [-0.2, -0.15) is 0 Å². The number of nitrogens with zero attached hydrogens (tertiary/aromatic N) is 1. The summed E-state index contributed by atoms with van der Waals surface area (Å²) in [5, 5.41) is 9.06.